The number of benzene rings is 2. The van der Waals surface area contributed by atoms with Gasteiger partial charge in [0, 0.05) is 23.5 Å². The zero-order chi connectivity index (χ0) is 17.9. The summed E-state index contributed by atoms with van der Waals surface area (Å²) in [5, 5.41) is 8.42. The van der Waals surface area contributed by atoms with Crippen molar-refractivity contribution in [2.75, 3.05) is 18.8 Å². The highest BCUT2D eigenvalue weighted by Gasteiger charge is 2.32. The lowest BCUT2D eigenvalue weighted by Gasteiger charge is -2.38. The molecule has 0 N–H and O–H groups in total. The molecule has 3 aromatic rings. The number of rotatable bonds is 5. The first kappa shape index (κ1) is 16.8. The van der Waals surface area contributed by atoms with Gasteiger partial charge in [-0.3, -0.25) is 4.79 Å². The van der Waals surface area contributed by atoms with Crippen molar-refractivity contribution in [2.45, 2.75) is 10.9 Å². The number of hydrogen-bond donors (Lipinski definition) is 0. The third kappa shape index (κ3) is 3.62. The Morgan fingerprint density at radius 2 is 1.85 bits per heavy atom. The number of amides is 1. The number of likely N-dealkylation sites (tertiary alicyclic amines) is 1. The summed E-state index contributed by atoms with van der Waals surface area (Å²) in [6.45, 7) is 1.28. The molecule has 0 bridgehead atoms. The molecule has 2 heterocycles. The SMILES string of the molecule is O=C(CSc1ccc(F)cc1)N1CC(n2cc(-c3ccccc3)nn2)C1. The van der Waals surface area contributed by atoms with Gasteiger partial charge >= 0.3 is 0 Å². The Labute approximate surface area is 154 Å². The van der Waals surface area contributed by atoms with Gasteiger partial charge in [0.05, 0.1) is 18.0 Å². The molecule has 0 unspecified atom stereocenters. The van der Waals surface area contributed by atoms with Gasteiger partial charge in [0.25, 0.3) is 0 Å². The van der Waals surface area contributed by atoms with Gasteiger partial charge in [0.2, 0.25) is 5.91 Å². The van der Waals surface area contributed by atoms with Crippen molar-refractivity contribution < 1.29 is 9.18 Å². The molecule has 2 aromatic carbocycles. The Morgan fingerprint density at radius 3 is 2.58 bits per heavy atom. The number of carbonyl (C=O) groups excluding carboxylic acids is 1. The van der Waals surface area contributed by atoms with Gasteiger partial charge in [0.1, 0.15) is 11.5 Å². The van der Waals surface area contributed by atoms with E-state index in [2.05, 4.69) is 10.3 Å². The van der Waals surface area contributed by atoms with E-state index in [9.17, 15) is 9.18 Å². The molecular weight excluding hydrogens is 351 g/mol. The molecule has 0 spiro atoms. The van der Waals surface area contributed by atoms with Crippen LogP contribution in [0.5, 0.6) is 0 Å². The Morgan fingerprint density at radius 1 is 1.12 bits per heavy atom. The number of aromatic nitrogens is 3. The lowest BCUT2D eigenvalue weighted by molar-refractivity contribution is -0.134. The van der Waals surface area contributed by atoms with Crippen LogP contribution in [0, 0.1) is 5.82 Å². The fraction of sp³-hybridized carbons (Fsp3) is 0.211. The average Bonchev–Trinajstić information content (AvgIpc) is 3.10. The van der Waals surface area contributed by atoms with Crippen LogP contribution in [-0.2, 0) is 4.79 Å². The second-order valence-electron chi connectivity index (χ2n) is 6.14. The number of halogens is 1. The van der Waals surface area contributed by atoms with Crippen LogP contribution in [0.2, 0.25) is 0 Å². The molecule has 1 aliphatic heterocycles. The molecule has 132 valence electrons. The summed E-state index contributed by atoms with van der Waals surface area (Å²) < 4.78 is 14.7. The van der Waals surface area contributed by atoms with E-state index in [1.54, 1.807) is 12.1 Å². The quantitative estimate of drug-likeness (QED) is 0.649. The molecule has 5 nitrogen and oxygen atoms in total. The standard InChI is InChI=1S/C19H17FN4OS/c20-15-6-8-17(9-7-15)26-13-19(25)23-10-16(11-23)24-12-18(21-22-24)14-4-2-1-3-5-14/h1-9,12,16H,10-11,13H2. The van der Waals surface area contributed by atoms with Crippen LogP contribution >= 0.6 is 11.8 Å². The van der Waals surface area contributed by atoms with Crippen molar-refractivity contribution in [3.8, 4) is 11.3 Å². The third-order valence-corrected chi connectivity index (χ3v) is 5.34. The molecule has 1 fully saturated rings. The maximum Gasteiger partial charge on any atom is 0.233 e. The fourth-order valence-electron chi connectivity index (χ4n) is 2.79. The highest BCUT2D eigenvalue weighted by atomic mass is 32.2. The third-order valence-electron chi connectivity index (χ3n) is 4.34. The van der Waals surface area contributed by atoms with Crippen LogP contribution in [-0.4, -0.2) is 44.6 Å². The van der Waals surface area contributed by atoms with Crippen LogP contribution in [0.3, 0.4) is 0 Å². The van der Waals surface area contributed by atoms with E-state index in [1.807, 2.05) is 46.1 Å². The van der Waals surface area contributed by atoms with Gasteiger partial charge in [-0.1, -0.05) is 35.5 Å². The van der Waals surface area contributed by atoms with Crippen molar-refractivity contribution >= 4 is 17.7 Å². The van der Waals surface area contributed by atoms with Crippen LogP contribution in [0.15, 0.2) is 65.7 Å². The molecular formula is C19H17FN4OS. The minimum absolute atomic E-state index is 0.0824. The maximum atomic E-state index is 12.9. The zero-order valence-corrected chi connectivity index (χ0v) is 14.8. The number of nitrogens with zero attached hydrogens (tertiary/aromatic N) is 4. The van der Waals surface area contributed by atoms with E-state index < -0.39 is 0 Å². The minimum atomic E-state index is -0.269. The Bertz CT molecular complexity index is 891. The van der Waals surface area contributed by atoms with Crippen molar-refractivity contribution in [1.82, 2.24) is 19.9 Å². The molecule has 0 atom stereocenters. The molecule has 4 rings (SSSR count). The summed E-state index contributed by atoms with van der Waals surface area (Å²) in [6.07, 6.45) is 1.93. The second kappa shape index (κ2) is 7.29. The first-order valence-corrected chi connectivity index (χ1v) is 9.31. The molecule has 1 amide bonds. The highest BCUT2D eigenvalue weighted by molar-refractivity contribution is 8.00. The second-order valence-corrected chi connectivity index (χ2v) is 7.19. The van der Waals surface area contributed by atoms with Gasteiger partial charge in [0.15, 0.2) is 0 Å². The Hall–Kier alpha value is -2.67. The smallest absolute Gasteiger partial charge is 0.233 e. The number of carbonyl (C=O) groups is 1. The van der Waals surface area contributed by atoms with Crippen molar-refractivity contribution in [2.24, 2.45) is 0 Å². The van der Waals surface area contributed by atoms with Gasteiger partial charge in [-0.05, 0) is 24.3 Å². The summed E-state index contributed by atoms with van der Waals surface area (Å²) in [7, 11) is 0. The number of thioether (sulfide) groups is 1. The van der Waals surface area contributed by atoms with E-state index in [1.165, 1.54) is 23.9 Å². The van der Waals surface area contributed by atoms with Gasteiger partial charge in [-0.15, -0.1) is 16.9 Å². The van der Waals surface area contributed by atoms with Gasteiger partial charge in [-0.25, -0.2) is 9.07 Å². The van der Waals surface area contributed by atoms with Crippen molar-refractivity contribution in [3.05, 3.63) is 66.6 Å². The van der Waals surface area contributed by atoms with Crippen LogP contribution < -0.4 is 0 Å². The summed E-state index contributed by atoms with van der Waals surface area (Å²) >= 11 is 1.42. The molecule has 0 radical (unpaired) electrons. The monoisotopic (exact) mass is 368 g/mol. The first-order valence-electron chi connectivity index (χ1n) is 8.32. The molecule has 1 aromatic heterocycles. The molecule has 1 aliphatic rings. The lowest BCUT2D eigenvalue weighted by Crippen LogP contribution is -2.51. The van der Waals surface area contributed by atoms with Crippen LogP contribution in [0.25, 0.3) is 11.3 Å². The molecule has 0 saturated carbocycles. The van der Waals surface area contributed by atoms with E-state index in [0.29, 0.717) is 18.8 Å². The average molecular weight is 368 g/mol. The summed E-state index contributed by atoms with van der Waals surface area (Å²) in [6, 6.07) is 16.2. The van der Waals surface area contributed by atoms with E-state index >= 15 is 0 Å². The normalized spacial score (nSPS) is 14.3. The summed E-state index contributed by atoms with van der Waals surface area (Å²) in [4.78, 5) is 15.0. The first-order chi connectivity index (χ1) is 12.7. The summed E-state index contributed by atoms with van der Waals surface area (Å²) in [5.74, 6) is 0.165. The Balaban J connectivity index is 1.29. The van der Waals surface area contributed by atoms with Gasteiger partial charge < -0.3 is 4.90 Å². The molecule has 7 heteroatoms. The molecule has 26 heavy (non-hydrogen) atoms. The topological polar surface area (TPSA) is 51.0 Å². The predicted octanol–water partition coefficient (Wildman–Crippen LogP) is 3.26. The maximum absolute atomic E-state index is 12.9. The van der Waals surface area contributed by atoms with Crippen LogP contribution in [0.4, 0.5) is 4.39 Å². The highest BCUT2D eigenvalue weighted by Crippen LogP contribution is 2.25. The largest absolute Gasteiger partial charge is 0.338 e. The van der Waals surface area contributed by atoms with Crippen LogP contribution in [0.1, 0.15) is 6.04 Å². The molecule has 1 saturated heterocycles. The van der Waals surface area contributed by atoms with Gasteiger partial charge in [-0.2, -0.15) is 0 Å². The van der Waals surface area contributed by atoms with E-state index in [4.69, 9.17) is 0 Å². The number of hydrogen-bond acceptors (Lipinski definition) is 4. The van der Waals surface area contributed by atoms with E-state index in [0.717, 1.165) is 16.2 Å². The zero-order valence-electron chi connectivity index (χ0n) is 14.0. The predicted molar refractivity (Wildman–Crippen MR) is 98.2 cm³/mol. The van der Waals surface area contributed by atoms with Crippen molar-refractivity contribution in [3.63, 3.8) is 0 Å². The molecule has 0 aliphatic carbocycles. The van der Waals surface area contributed by atoms with E-state index in [-0.39, 0.29) is 17.8 Å². The summed E-state index contributed by atoms with van der Waals surface area (Å²) in [5.41, 5.74) is 1.86. The van der Waals surface area contributed by atoms with Crippen molar-refractivity contribution in [1.29, 1.82) is 0 Å². The lowest BCUT2D eigenvalue weighted by atomic mass is 10.1. The Kier molecular flexibility index (Phi) is 4.71. The fourth-order valence-corrected chi connectivity index (χ4v) is 3.59. The minimum Gasteiger partial charge on any atom is -0.338 e.